The Morgan fingerprint density at radius 2 is 1.90 bits per heavy atom. The van der Waals surface area contributed by atoms with Gasteiger partial charge in [0.1, 0.15) is 5.82 Å². The molecule has 1 heterocycles. The first kappa shape index (κ1) is 14.0. The van der Waals surface area contributed by atoms with Crippen molar-refractivity contribution in [3.05, 3.63) is 41.1 Å². The summed E-state index contributed by atoms with van der Waals surface area (Å²) in [6.45, 7) is 4.47. The van der Waals surface area contributed by atoms with Gasteiger partial charge in [0.25, 0.3) is 0 Å². The Morgan fingerprint density at radius 1 is 1.14 bits per heavy atom. The summed E-state index contributed by atoms with van der Waals surface area (Å²) in [7, 11) is 0. The minimum atomic E-state index is 0.667. The van der Waals surface area contributed by atoms with E-state index in [1.54, 1.807) is 0 Å². The summed E-state index contributed by atoms with van der Waals surface area (Å²) in [4.78, 5) is 9.29. The molecule has 3 N–H and O–H groups in total. The number of anilines is 1. The van der Waals surface area contributed by atoms with E-state index in [-0.39, 0.29) is 0 Å². The van der Waals surface area contributed by atoms with Crippen LogP contribution in [-0.2, 0) is 19.3 Å². The maximum Gasteiger partial charge on any atom is 0.161 e. The predicted octanol–water partition coefficient (Wildman–Crippen LogP) is 3.12. The van der Waals surface area contributed by atoms with Crippen LogP contribution in [0.15, 0.2) is 24.3 Å². The topological polar surface area (TPSA) is 63.8 Å². The van der Waals surface area contributed by atoms with E-state index in [4.69, 9.17) is 10.8 Å². The van der Waals surface area contributed by atoms with Crippen molar-refractivity contribution in [3.63, 3.8) is 0 Å². The number of hydrazine groups is 1. The number of fused-ring (bicyclic) bond motifs is 1. The third-order valence-corrected chi connectivity index (χ3v) is 3.93. The Bertz CT molecular complexity index is 632. The number of rotatable bonds is 4. The molecule has 1 aliphatic carbocycles. The number of nitrogen functional groups attached to an aromatic ring is 1. The van der Waals surface area contributed by atoms with E-state index in [0.29, 0.717) is 5.92 Å². The van der Waals surface area contributed by atoms with Gasteiger partial charge in [0, 0.05) is 16.8 Å². The van der Waals surface area contributed by atoms with Gasteiger partial charge in [-0.1, -0.05) is 38.1 Å². The first-order valence-electron chi connectivity index (χ1n) is 7.63. The zero-order chi connectivity index (χ0) is 14.8. The fourth-order valence-electron chi connectivity index (χ4n) is 2.94. The normalized spacial score (nSPS) is 13.5. The largest absolute Gasteiger partial charge is 0.308 e. The summed E-state index contributed by atoms with van der Waals surface area (Å²) < 4.78 is 0. The average Bonchev–Trinajstić information content (AvgIpc) is 2.94. The second-order valence-electron chi connectivity index (χ2n) is 6.11. The number of nitrogens with one attached hydrogen (secondary N) is 1. The molecule has 21 heavy (non-hydrogen) atoms. The van der Waals surface area contributed by atoms with Crippen molar-refractivity contribution in [3.8, 4) is 11.4 Å². The van der Waals surface area contributed by atoms with Crippen molar-refractivity contribution in [1.82, 2.24) is 9.97 Å². The lowest BCUT2D eigenvalue weighted by atomic mass is 10.0. The highest BCUT2D eigenvalue weighted by molar-refractivity contribution is 5.60. The van der Waals surface area contributed by atoms with Crippen molar-refractivity contribution >= 4 is 5.82 Å². The molecule has 2 aromatic rings. The van der Waals surface area contributed by atoms with Crippen LogP contribution in [0.1, 0.15) is 37.1 Å². The lowest BCUT2D eigenvalue weighted by Crippen LogP contribution is -2.12. The van der Waals surface area contributed by atoms with E-state index in [9.17, 15) is 0 Å². The van der Waals surface area contributed by atoms with Crippen LogP contribution in [-0.4, -0.2) is 9.97 Å². The maximum atomic E-state index is 5.61. The number of nitrogens with zero attached hydrogens (tertiary/aromatic N) is 2. The molecular weight excluding hydrogens is 260 g/mol. The molecular formula is C17H22N4. The molecule has 0 saturated heterocycles. The number of aromatic nitrogens is 2. The molecule has 110 valence electrons. The summed E-state index contributed by atoms with van der Waals surface area (Å²) in [6, 6.07) is 8.55. The van der Waals surface area contributed by atoms with Gasteiger partial charge in [-0.05, 0) is 37.2 Å². The van der Waals surface area contributed by atoms with Crippen LogP contribution >= 0.6 is 0 Å². The predicted molar refractivity (Wildman–Crippen MR) is 85.8 cm³/mol. The molecule has 0 aliphatic heterocycles. The van der Waals surface area contributed by atoms with Crippen molar-refractivity contribution in [2.24, 2.45) is 11.8 Å². The van der Waals surface area contributed by atoms with Gasteiger partial charge < -0.3 is 5.43 Å². The molecule has 0 saturated carbocycles. The van der Waals surface area contributed by atoms with E-state index in [1.807, 2.05) is 0 Å². The van der Waals surface area contributed by atoms with Gasteiger partial charge in [-0.2, -0.15) is 0 Å². The lowest BCUT2D eigenvalue weighted by molar-refractivity contribution is 0.647. The maximum absolute atomic E-state index is 5.61. The van der Waals surface area contributed by atoms with Crippen LogP contribution in [0.3, 0.4) is 0 Å². The molecule has 3 rings (SSSR count). The second-order valence-corrected chi connectivity index (χ2v) is 6.11. The van der Waals surface area contributed by atoms with Crippen LogP contribution in [0.4, 0.5) is 5.82 Å². The van der Waals surface area contributed by atoms with Crippen molar-refractivity contribution in [1.29, 1.82) is 0 Å². The number of benzene rings is 1. The molecule has 0 atom stereocenters. The van der Waals surface area contributed by atoms with E-state index in [2.05, 4.69) is 48.5 Å². The van der Waals surface area contributed by atoms with E-state index in [0.717, 1.165) is 48.6 Å². The Hall–Kier alpha value is -1.94. The first-order chi connectivity index (χ1) is 10.2. The Morgan fingerprint density at radius 3 is 2.57 bits per heavy atom. The molecule has 0 fully saturated rings. The Labute approximate surface area is 125 Å². The second kappa shape index (κ2) is 5.82. The van der Waals surface area contributed by atoms with Gasteiger partial charge in [-0.3, -0.25) is 0 Å². The monoisotopic (exact) mass is 282 g/mol. The molecule has 0 radical (unpaired) electrons. The quantitative estimate of drug-likeness (QED) is 0.668. The number of nitrogens with two attached hydrogens (primary N) is 1. The lowest BCUT2D eigenvalue weighted by Gasteiger charge is -2.10. The molecule has 4 heteroatoms. The van der Waals surface area contributed by atoms with E-state index in [1.165, 1.54) is 11.1 Å². The minimum absolute atomic E-state index is 0.667. The Kier molecular flexibility index (Phi) is 3.88. The summed E-state index contributed by atoms with van der Waals surface area (Å²) in [6.07, 6.45) is 4.27. The van der Waals surface area contributed by atoms with Gasteiger partial charge in [-0.15, -0.1) is 0 Å². The summed E-state index contributed by atoms with van der Waals surface area (Å²) in [5.41, 5.74) is 7.44. The standard InChI is InChI=1S/C17H22N4/c1-11(2)10-12-6-8-13(9-7-12)16-19-15-5-3-4-14(15)17(20-16)21-18/h6-9,11H,3-5,10,18H2,1-2H3,(H,19,20,21). The highest BCUT2D eigenvalue weighted by Gasteiger charge is 2.19. The number of hydrogen-bond donors (Lipinski definition) is 2. The van der Waals surface area contributed by atoms with Crippen LogP contribution in [0, 0.1) is 5.92 Å². The third kappa shape index (κ3) is 2.90. The number of aryl methyl sites for hydroxylation is 1. The van der Waals surface area contributed by atoms with E-state index < -0.39 is 0 Å². The van der Waals surface area contributed by atoms with E-state index >= 15 is 0 Å². The smallest absolute Gasteiger partial charge is 0.161 e. The van der Waals surface area contributed by atoms with Crippen LogP contribution in [0.2, 0.25) is 0 Å². The fourth-order valence-corrected chi connectivity index (χ4v) is 2.94. The minimum Gasteiger partial charge on any atom is -0.308 e. The SMILES string of the molecule is CC(C)Cc1ccc(-c2nc3c(c(NN)n2)CCC3)cc1. The molecule has 1 aromatic heterocycles. The summed E-state index contributed by atoms with van der Waals surface area (Å²) in [5.74, 6) is 7.82. The van der Waals surface area contributed by atoms with Gasteiger partial charge in [0.15, 0.2) is 5.82 Å². The molecule has 0 amide bonds. The van der Waals surface area contributed by atoms with Gasteiger partial charge in [0.05, 0.1) is 0 Å². The molecule has 1 aliphatic rings. The number of hydrogen-bond acceptors (Lipinski definition) is 4. The molecule has 0 bridgehead atoms. The average molecular weight is 282 g/mol. The highest BCUT2D eigenvalue weighted by Crippen LogP contribution is 2.28. The molecule has 0 spiro atoms. The fraction of sp³-hybridized carbons (Fsp3) is 0.412. The van der Waals surface area contributed by atoms with Crippen LogP contribution in [0.25, 0.3) is 11.4 Å². The first-order valence-corrected chi connectivity index (χ1v) is 7.63. The summed E-state index contributed by atoms with van der Waals surface area (Å²) in [5, 5.41) is 0. The van der Waals surface area contributed by atoms with Crippen molar-refractivity contribution in [2.45, 2.75) is 39.5 Å². The Balaban J connectivity index is 1.93. The van der Waals surface area contributed by atoms with Gasteiger partial charge >= 0.3 is 0 Å². The third-order valence-electron chi connectivity index (χ3n) is 3.93. The van der Waals surface area contributed by atoms with Gasteiger partial charge in [-0.25, -0.2) is 15.8 Å². The van der Waals surface area contributed by atoms with Crippen molar-refractivity contribution in [2.75, 3.05) is 5.43 Å². The molecule has 4 nitrogen and oxygen atoms in total. The van der Waals surface area contributed by atoms with Crippen molar-refractivity contribution < 1.29 is 0 Å². The zero-order valence-corrected chi connectivity index (χ0v) is 12.7. The molecule has 0 unspecified atom stereocenters. The van der Waals surface area contributed by atoms with Crippen LogP contribution < -0.4 is 11.3 Å². The van der Waals surface area contributed by atoms with Gasteiger partial charge in [0.2, 0.25) is 0 Å². The van der Waals surface area contributed by atoms with Crippen LogP contribution in [0.5, 0.6) is 0 Å². The molecule has 1 aromatic carbocycles. The zero-order valence-electron chi connectivity index (χ0n) is 12.7. The summed E-state index contributed by atoms with van der Waals surface area (Å²) >= 11 is 0. The highest BCUT2D eigenvalue weighted by atomic mass is 15.3.